The van der Waals surface area contributed by atoms with Crippen LogP contribution in [-0.2, 0) is 13.6 Å². The average molecular weight is 402 g/mol. The Labute approximate surface area is 172 Å². The average Bonchev–Trinajstić information content (AvgIpc) is 3.11. The number of aryl methyl sites for hydroxylation is 2. The summed E-state index contributed by atoms with van der Waals surface area (Å²) >= 11 is 0. The van der Waals surface area contributed by atoms with Gasteiger partial charge in [0.15, 0.2) is 11.2 Å². The van der Waals surface area contributed by atoms with Gasteiger partial charge in [-0.2, -0.15) is 10.1 Å². The highest BCUT2D eigenvalue weighted by molar-refractivity contribution is 5.99. The summed E-state index contributed by atoms with van der Waals surface area (Å²) in [6, 6.07) is 17.8. The Bertz CT molecular complexity index is 1340. The quantitative estimate of drug-likeness (QED) is 0.396. The molecule has 0 bridgehead atoms. The van der Waals surface area contributed by atoms with Gasteiger partial charge in [-0.05, 0) is 25.0 Å². The molecule has 0 atom stereocenters. The second kappa shape index (κ2) is 7.82. The van der Waals surface area contributed by atoms with Crippen molar-refractivity contribution in [3.05, 3.63) is 92.1 Å². The van der Waals surface area contributed by atoms with E-state index in [1.807, 2.05) is 68.4 Å². The first-order chi connectivity index (χ1) is 14.4. The lowest BCUT2D eigenvalue weighted by atomic mass is 10.1. The van der Waals surface area contributed by atoms with E-state index in [2.05, 4.69) is 20.5 Å². The maximum Gasteiger partial charge on any atom is 0.329 e. The third-order valence-corrected chi connectivity index (χ3v) is 4.98. The molecule has 0 amide bonds. The number of rotatable bonds is 5. The smallest absolute Gasteiger partial charge is 0.298 e. The Morgan fingerprint density at radius 1 is 1.10 bits per heavy atom. The van der Waals surface area contributed by atoms with Gasteiger partial charge < -0.3 is 0 Å². The number of nitrogens with zero attached hydrogens (tertiary/aromatic N) is 4. The van der Waals surface area contributed by atoms with E-state index in [1.165, 1.54) is 4.57 Å². The third kappa shape index (κ3) is 3.67. The molecular formula is C22H22N6O2. The van der Waals surface area contributed by atoms with Crippen molar-refractivity contribution in [1.82, 2.24) is 19.1 Å². The number of hydrogen-bond donors (Lipinski definition) is 2. The predicted octanol–water partition coefficient (Wildman–Crippen LogP) is 2.62. The van der Waals surface area contributed by atoms with Crippen molar-refractivity contribution in [3.8, 4) is 0 Å². The SMILES string of the molecule is C/C(=N/Nc1nc2c(c(=O)[nH]c(=O)n2C)n1Cc1ccc(C)cc1)c1ccccc1. The first kappa shape index (κ1) is 19.4. The van der Waals surface area contributed by atoms with Gasteiger partial charge in [0.05, 0.1) is 12.3 Å². The van der Waals surface area contributed by atoms with Crippen molar-refractivity contribution >= 4 is 22.8 Å². The Morgan fingerprint density at radius 2 is 1.80 bits per heavy atom. The van der Waals surface area contributed by atoms with Crippen LogP contribution in [-0.4, -0.2) is 24.8 Å². The van der Waals surface area contributed by atoms with Gasteiger partial charge in [-0.1, -0.05) is 60.2 Å². The van der Waals surface area contributed by atoms with E-state index in [1.54, 1.807) is 11.6 Å². The number of anilines is 1. The van der Waals surface area contributed by atoms with Crippen LogP contribution in [0.25, 0.3) is 11.2 Å². The van der Waals surface area contributed by atoms with Gasteiger partial charge in [0, 0.05) is 7.05 Å². The van der Waals surface area contributed by atoms with Crippen LogP contribution in [0.15, 0.2) is 69.3 Å². The molecule has 2 aromatic carbocycles. The topological polar surface area (TPSA) is 97.1 Å². The molecule has 2 aromatic heterocycles. The highest BCUT2D eigenvalue weighted by Crippen LogP contribution is 2.18. The minimum Gasteiger partial charge on any atom is -0.298 e. The maximum atomic E-state index is 12.6. The molecule has 0 aliphatic rings. The van der Waals surface area contributed by atoms with Crippen molar-refractivity contribution in [1.29, 1.82) is 0 Å². The zero-order valence-electron chi connectivity index (χ0n) is 17.0. The Balaban J connectivity index is 1.82. The minimum atomic E-state index is -0.511. The second-order valence-corrected chi connectivity index (χ2v) is 7.17. The predicted molar refractivity (Wildman–Crippen MR) is 118 cm³/mol. The highest BCUT2D eigenvalue weighted by Gasteiger charge is 2.17. The molecule has 0 saturated carbocycles. The summed E-state index contributed by atoms with van der Waals surface area (Å²) in [6.45, 7) is 4.31. The molecule has 4 aromatic rings. The fourth-order valence-corrected chi connectivity index (χ4v) is 3.23. The number of aromatic nitrogens is 4. The first-order valence-electron chi connectivity index (χ1n) is 9.55. The molecule has 2 heterocycles. The molecule has 0 unspecified atom stereocenters. The highest BCUT2D eigenvalue weighted by atomic mass is 16.2. The summed E-state index contributed by atoms with van der Waals surface area (Å²) in [5, 5.41) is 4.44. The number of hydrazone groups is 1. The van der Waals surface area contributed by atoms with E-state index in [9.17, 15) is 9.59 Å². The first-order valence-corrected chi connectivity index (χ1v) is 9.55. The standard InChI is InChI=1S/C22H22N6O2/c1-14-9-11-16(12-10-14)13-28-18-19(27(3)22(30)24-20(18)29)23-21(28)26-25-15(2)17-7-5-4-6-8-17/h4-12H,13H2,1-3H3,(H,23,26)(H,24,29,30)/b25-15-. The van der Waals surface area contributed by atoms with Gasteiger partial charge in [-0.3, -0.25) is 18.9 Å². The summed E-state index contributed by atoms with van der Waals surface area (Å²) in [6.07, 6.45) is 0. The maximum absolute atomic E-state index is 12.6. The number of fused-ring (bicyclic) bond motifs is 1. The Hall–Kier alpha value is -3.94. The van der Waals surface area contributed by atoms with E-state index in [4.69, 9.17) is 0 Å². The monoisotopic (exact) mass is 402 g/mol. The van der Waals surface area contributed by atoms with Crippen molar-refractivity contribution < 1.29 is 0 Å². The van der Waals surface area contributed by atoms with Crippen LogP contribution in [0.4, 0.5) is 5.95 Å². The van der Waals surface area contributed by atoms with E-state index >= 15 is 0 Å². The second-order valence-electron chi connectivity index (χ2n) is 7.17. The zero-order valence-corrected chi connectivity index (χ0v) is 17.0. The zero-order chi connectivity index (χ0) is 21.3. The molecule has 152 valence electrons. The van der Waals surface area contributed by atoms with E-state index in [0.717, 1.165) is 22.4 Å². The van der Waals surface area contributed by atoms with Crippen molar-refractivity contribution in [2.75, 3.05) is 5.43 Å². The fraction of sp³-hybridized carbons (Fsp3) is 0.182. The number of hydrogen-bond acceptors (Lipinski definition) is 5. The van der Waals surface area contributed by atoms with E-state index in [0.29, 0.717) is 23.7 Å². The van der Waals surface area contributed by atoms with Crippen LogP contribution in [0.1, 0.15) is 23.6 Å². The van der Waals surface area contributed by atoms with Crippen LogP contribution in [0.2, 0.25) is 0 Å². The van der Waals surface area contributed by atoms with Gasteiger partial charge in [0.25, 0.3) is 5.56 Å². The summed E-state index contributed by atoms with van der Waals surface area (Å²) in [4.78, 5) is 31.5. The summed E-state index contributed by atoms with van der Waals surface area (Å²) in [5.74, 6) is 0.382. The normalized spacial score (nSPS) is 11.8. The van der Waals surface area contributed by atoms with Gasteiger partial charge in [0.2, 0.25) is 5.95 Å². The summed E-state index contributed by atoms with van der Waals surface area (Å²) in [5.41, 5.74) is 6.48. The minimum absolute atomic E-state index is 0.297. The number of H-pyrrole nitrogens is 1. The van der Waals surface area contributed by atoms with Crippen molar-refractivity contribution in [2.24, 2.45) is 12.1 Å². The number of aromatic amines is 1. The fourth-order valence-electron chi connectivity index (χ4n) is 3.23. The molecule has 0 aliphatic heterocycles. The van der Waals surface area contributed by atoms with E-state index in [-0.39, 0.29) is 0 Å². The molecule has 0 fully saturated rings. The lowest BCUT2D eigenvalue weighted by molar-refractivity contribution is 0.808. The van der Waals surface area contributed by atoms with Crippen LogP contribution in [0.5, 0.6) is 0 Å². The molecule has 30 heavy (non-hydrogen) atoms. The number of nitrogens with one attached hydrogen (secondary N) is 2. The third-order valence-electron chi connectivity index (χ3n) is 4.98. The van der Waals surface area contributed by atoms with Crippen LogP contribution in [0.3, 0.4) is 0 Å². The van der Waals surface area contributed by atoms with Gasteiger partial charge in [-0.25, -0.2) is 10.2 Å². The molecule has 0 aliphatic carbocycles. The summed E-state index contributed by atoms with van der Waals surface area (Å²) in [7, 11) is 1.58. The molecule has 8 nitrogen and oxygen atoms in total. The molecule has 8 heteroatoms. The van der Waals surface area contributed by atoms with Gasteiger partial charge in [-0.15, -0.1) is 0 Å². The molecule has 4 rings (SSSR count). The van der Waals surface area contributed by atoms with Crippen molar-refractivity contribution in [2.45, 2.75) is 20.4 Å². The Kier molecular flexibility index (Phi) is 5.05. The summed E-state index contributed by atoms with van der Waals surface area (Å²) < 4.78 is 3.06. The molecule has 0 spiro atoms. The van der Waals surface area contributed by atoms with Crippen LogP contribution < -0.4 is 16.7 Å². The lowest BCUT2D eigenvalue weighted by Crippen LogP contribution is -2.29. The largest absolute Gasteiger partial charge is 0.329 e. The number of imidazole rings is 1. The molecule has 0 radical (unpaired) electrons. The van der Waals surface area contributed by atoms with E-state index < -0.39 is 11.2 Å². The number of benzene rings is 2. The van der Waals surface area contributed by atoms with Gasteiger partial charge in [0.1, 0.15) is 0 Å². The molecular weight excluding hydrogens is 380 g/mol. The van der Waals surface area contributed by atoms with Crippen LogP contribution in [0, 0.1) is 6.92 Å². The van der Waals surface area contributed by atoms with Gasteiger partial charge >= 0.3 is 5.69 Å². The van der Waals surface area contributed by atoms with Crippen molar-refractivity contribution in [3.63, 3.8) is 0 Å². The molecule has 2 N–H and O–H groups in total. The van der Waals surface area contributed by atoms with Crippen LogP contribution >= 0.6 is 0 Å². The lowest BCUT2D eigenvalue weighted by Gasteiger charge is -2.09. The Morgan fingerprint density at radius 3 is 2.50 bits per heavy atom. The molecule has 0 saturated heterocycles.